The Bertz CT molecular complexity index is 514. The van der Waals surface area contributed by atoms with E-state index in [4.69, 9.17) is 5.73 Å². The van der Waals surface area contributed by atoms with E-state index >= 15 is 0 Å². The minimum absolute atomic E-state index is 0.207. The fraction of sp³-hybridized carbons (Fsp3) is 0.286. The van der Waals surface area contributed by atoms with E-state index in [1.807, 2.05) is 32.2 Å². The molecule has 0 saturated carbocycles. The Labute approximate surface area is 102 Å². The van der Waals surface area contributed by atoms with Gasteiger partial charge < -0.3 is 5.73 Å². The lowest BCUT2D eigenvalue weighted by atomic mass is 10.0. The van der Waals surface area contributed by atoms with Crippen LogP contribution in [0, 0.1) is 20.8 Å². The van der Waals surface area contributed by atoms with Crippen LogP contribution in [0.3, 0.4) is 0 Å². The molecule has 0 aliphatic rings. The molecule has 0 radical (unpaired) electrons. The van der Waals surface area contributed by atoms with Crippen molar-refractivity contribution in [3.05, 3.63) is 58.7 Å². The van der Waals surface area contributed by atoms with Gasteiger partial charge in [-0.25, -0.2) is 0 Å². The molecule has 0 aromatic carbocycles. The summed E-state index contributed by atoms with van der Waals surface area (Å²) in [5, 5.41) is 0. The van der Waals surface area contributed by atoms with Crippen LogP contribution in [-0.4, -0.2) is 9.97 Å². The Morgan fingerprint density at radius 1 is 1.00 bits per heavy atom. The number of rotatable bonds is 2. The second-order valence-electron chi connectivity index (χ2n) is 4.48. The minimum atomic E-state index is -0.207. The summed E-state index contributed by atoms with van der Waals surface area (Å²) >= 11 is 0. The first-order valence-electron chi connectivity index (χ1n) is 5.68. The van der Waals surface area contributed by atoms with Gasteiger partial charge in [0.25, 0.3) is 0 Å². The van der Waals surface area contributed by atoms with Crippen molar-refractivity contribution in [2.45, 2.75) is 26.8 Å². The largest absolute Gasteiger partial charge is 0.319 e. The van der Waals surface area contributed by atoms with Gasteiger partial charge in [-0.15, -0.1) is 0 Å². The highest BCUT2D eigenvalue weighted by atomic mass is 14.8. The molecule has 2 heterocycles. The van der Waals surface area contributed by atoms with Crippen molar-refractivity contribution in [1.29, 1.82) is 0 Å². The maximum absolute atomic E-state index is 6.22. The SMILES string of the molecule is Cc1cncc(C(N)c2cc(C)cc(C)n2)c1. The van der Waals surface area contributed by atoms with Crippen LogP contribution in [-0.2, 0) is 0 Å². The van der Waals surface area contributed by atoms with Crippen LogP contribution in [0.25, 0.3) is 0 Å². The highest BCUT2D eigenvalue weighted by molar-refractivity contribution is 5.30. The van der Waals surface area contributed by atoms with Gasteiger partial charge in [-0.2, -0.15) is 0 Å². The summed E-state index contributed by atoms with van der Waals surface area (Å²) in [5.74, 6) is 0. The van der Waals surface area contributed by atoms with Crippen molar-refractivity contribution >= 4 is 0 Å². The van der Waals surface area contributed by atoms with Gasteiger partial charge in [-0.3, -0.25) is 9.97 Å². The van der Waals surface area contributed by atoms with Crippen molar-refractivity contribution in [1.82, 2.24) is 9.97 Å². The lowest BCUT2D eigenvalue weighted by Crippen LogP contribution is -2.14. The smallest absolute Gasteiger partial charge is 0.0741 e. The van der Waals surface area contributed by atoms with Gasteiger partial charge in [0, 0.05) is 18.1 Å². The van der Waals surface area contributed by atoms with Crippen molar-refractivity contribution in [3.63, 3.8) is 0 Å². The van der Waals surface area contributed by atoms with Crippen LogP contribution in [0.5, 0.6) is 0 Å². The van der Waals surface area contributed by atoms with E-state index in [0.29, 0.717) is 0 Å². The molecule has 0 aliphatic heterocycles. The molecule has 17 heavy (non-hydrogen) atoms. The number of hydrogen-bond donors (Lipinski definition) is 1. The van der Waals surface area contributed by atoms with Crippen molar-refractivity contribution in [3.8, 4) is 0 Å². The first-order valence-corrected chi connectivity index (χ1v) is 5.68. The lowest BCUT2D eigenvalue weighted by molar-refractivity contribution is 0.811. The molecule has 0 amide bonds. The van der Waals surface area contributed by atoms with E-state index in [1.54, 1.807) is 6.20 Å². The molecule has 0 saturated heterocycles. The molecule has 2 aromatic rings. The third-order valence-corrected chi connectivity index (χ3v) is 2.69. The number of nitrogens with two attached hydrogens (primary N) is 1. The Kier molecular flexibility index (Phi) is 3.20. The Morgan fingerprint density at radius 2 is 1.76 bits per heavy atom. The average molecular weight is 227 g/mol. The third-order valence-electron chi connectivity index (χ3n) is 2.69. The molecule has 1 atom stereocenters. The van der Waals surface area contributed by atoms with Gasteiger partial charge >= 0.3 is 0 Å². The summed E-state index contributed by atoms with van der Waals surface area (Å²) in [6.07, 6.45) is 3.63. The lowest BCUT2D eigenvalue weighted by Gasteiger charge is -2.13. The van der Waals surface area contributed by atoms with Crippen molar-refractivity contribution < 1.29 is 0 Å². The molecular formula is C14H17N3. The van der Waals surface area contributed by atoms with E-state index in [0.717, 1.165) is 22.5 Å². The second-order valence-corrected chi connectivity index (χ2v) is 4.48. The summed E-state index contributed by atoms with van der Waals surface area (Å²) < 4.78 is 0. The zero-order valence-electron chi connectivity index (χ0n) is 10.4. The molecular weight excluding hydrogens is 210 g/mol. The van der Waals surface area contributed by atoms with E-state index in [-0.39, 0.29) is 6.04 Å². The number of nitrogens with zero attached hydrogens (tertiary/aromatic N) is 2. The zero-order chi connectivity index (χ0) is 12.4. The molecule has 2 rings (SSSR count). The first kappa shape index (κ1) is 11.7. The van der Waals surface area contributed by atoms with Crippen LogP contribution < -0.4 is 5.73 Å². The topological polar surface area (TPSA) is 51.8 Å². The van der Waals surface area contributed by atoms with E-state index < -0.39 is 0 Å². The summed E-state index contributed by atoms with van der Waals surface area (Å²) in [6.45, 7) is 6.05. The maximum atomic E-state index is 6.22. The van der Waals surface area contributed by atoms with Crippen LogP contribution in [0.1, 0.15) is 34.1 Å². The molecule has 0 fully saturated rings. The quantitative estimate of drug-likeness (QED) is 0.857. The normalized spacial score (nSPS) is 12.5. The van der Waals surface area contributed by atoms with Gasteiger partial charge in [0.05, 0.1) is 11.7 Å². The Morgan fingerprint density at radius 3 is 2.41 bits per heavy atom. The van der Waals surface area contributed by atoms with Crippen LogP contribution in [0.4, 0.5) is 0 Å². The van der Waals surface area contributed by atoms with Crippen molar-refractivity contribution in [2.24, 2.45) is 5.73 Å². The first-order chi connectivity index (χ1) is 8.06. The number of hydrogen-bond acceptors (Lipinski definition) is 3. The maximum Gasteiger partial charge on any atom is 0.0741 e. The summed E-state index contributed by atoms with van der Waals surface area (Å²) in [6, 6.07) is 5.92. The van der Waals surface area contributed by atoms with Crippen LogP contribution in [0.2, 0.25) is 0 Å². The van der Waals surface area contributed by atoms with Gasteiger partial charge in [-0.05, 0) is 49.6 Å². The van der Waals surface area contributed by atoms with E-state index in [1.165, 1.54) is 5.56 Å². The highest BCUT2D eigenvalue weighted by Crippen LogP contribution is 2.19. The molecule has 0 bridgehead atoms. The van der Waals surface area contributed by atoms with Gasteiger partial charge in [0.15, 0.2) is 0 Å². The summed E-state index contributed by atoms with van der Waals surface area (Å²) in [4.78, 5) is 8.66. The molecule has 0 aliphatic carbocycles. The molecule has 3 heteroatoms. The molecule has 88 valence electrons. The number of aryl methyl sites for hydroxylation is 3. The van der Waals surface area contributed by atoms with Gasteiger partial charge in [0.1, 0.15) is 0 Å². The number of aromatic nitrogens is 2. The molecule has 2 N–H and O–H groups in total. The minimum Gasteiger partial charge on any atom is -0.319 e. The molecule has 1 unspecified atom stereocenters. The van der Waals surface area contributed by atoms with Crippen LogP contribution in [0.15, 0.2) is 30.6 Å². The average Bonchev–Trinajstić information content (AvgIpc) is 2.26. The highest BCUT2D eigenvalue weighted by Gasteiger charge is 2.11. The Hall–Kier alpha value is -1.74. The van der Waals surface area contributed by atoms with Crippen LogP contribution >= 0.6 is 0 Å². The van der Waals surface area contributed by atoms with Gasteiger partial charge in [-0.1, -0.05) is 6.07 Å². The molecule has 0 spiro atoms. The standard InChI is InChI=1S/C14H17N3/c1-9-4-11(3)17-13(6-9)14(15)12-5-10(2)7-16-8-12/h4-8,14H,15H2,1-3H3. The predicted molar refractivity (Wildman–Crippen MR) is 68.7 cm³/mol. The van der Waals surface area contributed by atoms with E-state index in [9.17, 15) is 0 Å². The monoisotopic (exact) mass is 227 g/mol. The fourth-order valence-electron chi connectivity index (χ4n) is 1.95. The second kappa shape index (κ2) is 4.63. The third kappa shape index (κ3) is 2.68. The van der Waals surface area contributed by atoms with Crippen molar-refractivity contribution in [2.75, 3.05) is 0 Å². The number of pyridine rings is 2. The molecule has 3 nitrogen and oxygen atoms in total. The summed E-state index contributed by atoms with van der Waals surface area (Å²) in [5.41, 5.74) is 11.4. The fourth-order valence-corrected chi connectivity index (χ4v) is 1.95. The van der Waals surface area contributed by atoms with Gasteiger partial charge in [0.2, 0.25) is 0 Å². The zero-order valence-corrected chi connectivity index (χ0v) is 10.4. The Balaban J connectivity index is 2.39. The molecule has 2 aromatic heterocycles. The predicted octanol–water partition coefficient (Wildman–Crippen LogP) is 2.45. The van der Waals surface area contributed by atoms with E-state index in [2.05, 4.69) is 23.0 Å². The summed E-state index contributed by atoms with van der Waals surface area (Å²) in [7, 11) is 0.